The molecular weight excluding hydrogens is 421 g/mol. The van der Waals surface area contributed by atoms with E-state index in [-0.39, 0.29) is 28.2 Å². The molecule has 176 valence electrons. The number of hydrogen-bond acceptors (Lipinski definition) is 5. The van der Waals surface area contributed by atoms with Gasteiger partial charge in [-0.25, -0.2) is 14.4 Å². The molecule has 0 radical (unpaired) electrons. The monoisotopic (exact) mass is 453 g/mol. The fourth-order valence-electron chi connectivity index (χ4n) is 6.49. The fourth-order valence-corrected chi connectivity index (χ4v) is 6.49. The summed E-state index contributed by atoms with van der Waals surface area (Å²) >= 11 is 0. The van der Waals surface area contributed by atoms with Crippen LogP contribution in [-0.4, -0.2) is 51.1 Å². The van der Waals surface area contributed by atoms with Crippen molar-refractivity contribution in [1.29, 1.82) is 5.41 Å². The average Bonchev–Trinajstić information content (AvgIpc) is 3.45. The lowest BCUT2D eigenvalue weighted by Crippen LogP contribution is -2.78. The number of carbonyl (C=O) groups excluding carboxylic acids is 1. The Bertz CT molecular complexity index is 1020. The van der Waals surface area contributed by atoms with Crippen LogP contribution in [0, 0.1) is 28.1 Å². The second-order valence-electron chi connectivity index (χ2n) is 11.9. The minimum atomic E-state index is -1.51. The molecule has 8 nitrogen and oxygen atoms in total. The van der Waals surface area contributed by atoms with Gasteiger partial charge < -0.3 is 16.0 Å². The van der Waals surface area contributed by atoms with Crippen LogP contribution in [0.1, 0.15) is 64.5 Å². The molecule has 6 aliphatic rings. The number of likely N-dealkylation sites (tertiary alicyclic amines) is 1. The lowest BCUT2D eigenvalue weighted by atomic mass is 9.38. The van der Waals surface area contributed by atoms with Crippen molar-refractivity contribution in [1.82, 2.24) is 14.9 Å². The number of alkyl halides is 1. The molecule has 1 saturated heterocycles. The van der Waals surface area contributed by atoms with Gasteiger partial charge in [0, 0.05) is 35.9 Å². The van der Waals surface area contributed by atoms with Gasteiger partial charge in [0.2, 0.25) is 5.91 Å². The van der Waals surface area contributed by atoms with Crippen molar-refractivity contribution in [2.45, 2.75) is 70.0 Å². The van der Waals surface area contributed by atoms with Crippen LogP contribution in [0.2, 0.25) is 0 Å². The first kappa shape index (κ1) is 21.0. The zero-order chi connectivity index (χ0) is 23.2. The van der Waals surface area contributed by atoms with Crippen LogP contribution >= 0.6 is 0 Å². The minimum Gasteiger partial charge on any atom is -0.387 e. The van der Waals surface area contributed by atoms with Gasteiger partial charge in [-0.2, -0.15) is 0 Å². The van der Waals surface area contributed by atoms with Crippen molar-refractivity contribution < 1.29 is 9.18 Å². The first-order valence-corrected chi connectivity index (χ1v) is 12.0. The Morgan fingerprint density at radius 3 is 2.42 bits per heavy atom. The highest BCUT2D eigenvalue weighted by molar-refractivity contribution is 5.98. The maximum absolute atomic E-state index is 14.0. The van der Waals surface area contributed by atoms with E-state index in [1.807, 2.05) is 4.90 Å². The summed E-state index contributed by atoms with van der Waals surface area (Å²) < 4.78 is 14.0. The summed E-state index contributed by atoms with van der Waals surface area (Å²) in [6.07, 6.45) is 9.63. The van der Waals surface area contributed by atoms with Gasteiger partial charge in [0.05, 0.1) is 23.5 Å². The molecule has 0 atom stereocenters. The van der Waals surface area contributed by atoms with Crippen molar-refractivity contribution in [3.05, 3.63) is 18.1 Å². The standard InChI is InChI=1S/C24H32FN7O/c1-21(2,25)16-7-29-17(8-28-16)31-24-9-23(10-24,11-24)20(33)32-12-22(13-32)5-15(6-22)19(27)30-18(26)14-3-4-14/h7-8,14-15H,3-6,9-13H2,1-2H3,(H,29,31)(H3,26,27,30). The van der Waals surface area contributed by atoms with Crippen LogP contribution in [0.15, 0.2) is 17.4 Å². The smallest absolute Gasteiger partial charge is 0.229 e. The van der Waals surface area contributed by atoms with Gasteiger partial charge in [-0.05, 0) is 58.8 Å². The molecule has 1 amide bonds. The number of nitrogens with zero attached hydrogens (tertiary/aromatic N) is 4. The van der Waals surface area contributed by atoms with Crippen molar-refractivity contribution >= 4 is 23.4 Å². The van der Waals surface area contributed by atoms with Crippen LogP contribution < -0.4 is 11.1 Å². The molecule has 1 aromatic rings. The van der Waals surface area contributed by atoms with Crippen molar-refractivity contribution in [3.8, 4) is 0 Å². The number of hydrogen-bond donors (Lipinski definition) is 3. The molecule has 0 unspecified atom stereocenters. The predicted molar refractivity (Wildman–Crippen MR) is 123 cm³/mol. The highest BCUT2D eigenvalue weighted by Crippen LogP contribution is 2.69. The summed E-state index contributed by atoms with van der Waals surface area (Å²) in [7, 11) is 0. The van der Waals surface area contributed by atoms with E-state index < -0.39 is 5.67 Å². The second kappa shape index (κ2) is 6.51. The number of amidine groups is 2. The SMILES string of the molecule is CC(C)(F)c1cnc(NC23CC(C(=O)N4CC5(CC(/C(N)=N/C(=N)C6CC6)C5)C4)(C2)C3)cn1. The quantitative estimate of drug-likeness (QED) is 0.452. The van der Waals surface area contributed by atoms with E-state index >= 15 is 0 Å². The molecule has 9 heteroatoms. The number of amides is 1. The molecular formula is C24H32FN7O. The average molecular weight is 454 g/mol. The summed E-state index contributed by atoms with van der Waals surface area (Å²) in [5, 5.41) is 11.4. The number of aromatic nitrogens is 2. The lowest BCUT2D eigenvalue weighted by molar-refractivity contribution is -0.196. The van der Waals surface area contributed by atoms with E-state index in [1.165, 1.54) is 20.0 Å². The number of nitrogens with one attached hydrogen (secondary N) is 2. The maximum Gasteiger partial charge on any atom is 0.229 e. The summed E-state index contributed by atoms with van der Waals surface area (Å²) in [5.41, 5.74) is 4.88. The van der Waals surface area contributed by atoms with E-state index in [4.69, 9.17) is 11.1 Å². The Hall–Kier alpha value is -2.58. The molecule has 5 aliphatic carbocycles. The first-order chi connectivity index (χ1) is 15.5. The number of aliphatic imine (C=N–C) groups is 1. The number of carbonyl (C=O) groups is 1. The van der Waals surface area contributed by atoms with E-state index in [0.29, 0.717) is 29.1 Å². The third-order valence-electron chi connectivity index (χ3n) is 8.47. The summed E-state index contributed by atoms with van der Waals surface area (Å²) in [6.45, 7) is 4.58. The zero-order valence-corrected chi connectivity index (χ0v) is 19.3. The Balaban J connectivity index is 0.974. The molecule has 6 fully saturated rings. The van der Waals surface area contributed by atoms with E-state index in [2.05, 4.69) is 20.3 Å². The largest absolute Gasteiger partial charge is 0.387 e. The number of anilines is 1. The van der Waals surface area contributed by atoms with Crippen LogP contribution in [-0.2, 0) is 10.5 Å². The molecule has 1 spiro atoms. The summed E-state index contributed by atoms with van der Waals surface area (Å²) in [5.74, 6) is 2.58. The van der Waals surface area contributed by atoms with Gasteiger partial charge >= 0.3 is 0 Å². The van der Waals surface area contributed by atoms with E-state index in [9.17, 15) is 9.18 Å². The Kier molecular flexibility index (Phi) is 4.14. The van der Waals surface area contributed by atoms with Crippen molar-refractivity contribution in [2.24, 2.45) is 33.4 Å². The Labute approximate surface area is 193 Å². The summed E-state index contributed by atoms with van der Waals surface area (Å²) in [4.78, 5) is 28.0. The molecule has 33 heavy (non-hydrogen) atoms. The Morgan fingerprint density at radius 1 is 1.21 bits per heavy atom. The molecule has 2 bridgehead atoms. The predicted octanol–water partition coefficient (Wildman–Crippen LogP) is 3.00. The molecule has 2 heterocycles. The van der Waals surface area contributed by atoms with Gasteiger partial charge in [0.25, 0.3) is 0 Å². The topological polar surface area (TPSA) is 120 Å². The molecule has 1 aliphatic heterocycles. The van der Waals surface area contributed by atoms with E-state index in [1.54, 1.807) is 6.20 Å². The molecule has 5 saturated carbocycles. The van der Waals surface area contributed by atoms with Crippen molar-refractivity contribution in [2.75, 3.05) is 18.4 Å². The number of halogens is 1. The second-order valence-corrected chi connectivity index (χ2v) is 11.9. The maximum atomic E-state index is 14.0. The van der Waals surface area contributed by atoms with Crippen LogP contribution in [0.5, 0.6) is 0 Å². The number of nitrogens with two attached hydrogens (primary N) is 1. The van der Waals surface area contributed by atoms with Crippen LogP contribution in [0.3, 0.4) is 0 Å². The first-order valence-electron chi connectivity index (χ1n) is 12.0. The zero-order valence-electron chi connectivity index (χ0n) is 19.3. The van der Waals surface area contributed by atoms with E-state index in [0.717, 1.165) is 58.0 Å². The summed E-state index contributed by atoms with van der Waals surface area (Å²) in [6, 6.07) is 0. The van der Waals surface area contributed by atoms with Gasteiger partial charge in [-0.15, -0.1) is 0 Å². The third kappa shape index (κ3) is 3.34. The van der Waals surface area contributed by atoms with Gasteiger partial charge in [0.1, 0.15) is 23.2 Å². The minimum absolute atomic E-state index is 0.0713. The normalized spacial score (nSPS) is 32.3. The third-order valence-corrected chi connectivity index (χ3v) is 8.47. The van der Waals surface area contributed by atoms with Crippen LogP contribution in [0.25, 0.3) is 0 Å². The highest BCUT2D eigenvalue weighted by atomic mass is 19.1. The molecule has 4 N–H and O–H groups in total. The van der Waals surface area contributed by atoms with Crippen molar-refractivity contribution in [3.63, 3.8) is 0 Å². The number of rotatable bonds is 6. The highest BCUT2D eigenvalue weighted by Gasteiger charge is 2.73. The molecule has 7 rings (SSSR count). The van der Waals surface area contributed by atoms with Gasteiger partial charge in [-0.1, -0.05) is 0 Å². The Morgan fingerprint density at radius 2 is 1.88 bits per heavy atom. The molecule has 1 aromatic heterocycles. The molecule has 0 aromatic carbocycles. The van der Waals surface area contributed by atoms with Gasteiger partial charge in [0.15, 0.2) is 0 Å². The fraction of sp³-hybridized carbons (Fsp3) is 0.708. The van der Waals surface area contributed by atoms with Crippen LogP contribution in [0.4, 0.5) is 10.2 Å². The van der Waals surface area contributed by atoms with Gasteiger partial charge in [-0.3, -0.25) is 15.2 Å². The lowest BCUT2D eigenvalue weighted by Gasteiger charge is -2.71.